The highest BCUT2D eigenvalue weighted by Crippen LogP contribution is 2.21. The number of ether oxygens (including phenoxy) is 1. The lowest BCUT2D eigenvalue weighted by Crippen LogP contribution is -2.28. The number of carbonyl (C=O) groups is 1. The molecule has 130 valence electrons. The minimum Gasteiger partial charge on any atom is -0.484 e. The van der Waals surface area contributed by atoms with E-state index in [0.717, 1.165) is 27.3 Å². The van der Waals surface area contributed by atoms with E-state index in [0.29, 0.717) is 5.75 Å². The molecule has 0 aliphatic heterocycles. The van der Waals surface area contributed by atoms with Crippen LogP contribution in [0.15, 0.2) is 34.5 Å². The predicted octanol–water partition coefficient (Wildman–Crippen LogP) is 1.97. The first-order valence-corrected chi connectivity index (χ1v) is 9.61. The number of hydrogen-bond donors (Lipinski definition) is 2. The van der Waals surface area contributed by atoms with E-state index in [2.05, 4.69) is 10.0 Å². The fourth-order valence-electron chi connectivity index (χ4n) is 1.89. The van der Waals surface area contributed by atoms with Gasteiger partial charge in [0.15, 0.2) is 6.61 Å². The lowest BCUT2D eigenvalue weighted by molar-refractivity contribution is -0.123. The van der Waals surface area contributed by atoms with Crippen LogP contribution in [0.4, 0.5) is 0 Å². The summed E-state index contributed by atoms with van der Waals surface area (Å²) in [7, 11) is -2.08. The molecule has 1 heterocycles. The van der Waals surface area contributed by atoms with E-state index in [4.69, 9.17) is 4.74 Å². The van der Waals surface area contributed by atoms with Gasteiger partial charge >= 0.3 is 0 Å². The average molecular weight is 368 g/mol. The Morgan fingerprint density at radius 2 is 1.92 bits per heavy atom. The summed E-state index contributed by atoms with van der Waals surface area (Å²) in [4.78, 5) is 12.6. The van der Waals surface area contributed by atoms with Crippen molar-refractivity contribution in [1.29, 1.82) is 0 Å². The van der Waals surface area contributed by atoms with E-state index in [9.17, 15) is 13.2 Å². The molecule has 1 aromatic carbocycles. The lowest BCUT2D eigenvalue weighted by atomic mass is 10.1. The minimum atomic E-state index is -3.44. The fraction of sp³-hybridized carbons (Fsp3) is 0.312. The topological polar surface area (TPSA) is 84.5 Å². The van der Waals surface area contributed by atoms with Gasteiger partial charge in [0.25, 0.3) is 5.91 Å². The maximum absolute atomic E-state index is 11.8. The summed E-state index contributed by atoms with van der Waals surface area (Å²) in [6.45, 7) is 4.17. The Labute approximate surface area is 145 Å². The zero-order chi connectivity index (χ0) is 17.7. The second-order valence-electron chi connectivity index (χ2n) is 5.24. The second kappa shape index (κ2) is 7.78. The Hall–Kier alpha value is -1.90. The van der Waals surface area contributed by atoms with Crippen LogP contribution < -0.4 is 14.8 Å². The van der Waals surface area contributed by atoms with Crippen molar-refractivity contribution < 1.29 is 17.9 Å². The largest absolute Gasteiger partial charge is 0.484 e. The van der Waals surface area contributed by atoms with Crippen LogP contribution in [0, 0.1) is 13.8 Å². The van der Waals surface area contributed by atoms with Crippen LogP contribution in [0.2, 0.25) is 0 Å². The van der Waals surface area contributed by atoms with Gasteiger partial charge in [0.2, 0.25) is 10.0 Å². The molecule has 0 fully saturated rings. The molecule has 0 radical (unpaired) electrons. The summed E-state index contributed by atoms with van der Waals surface area (Å²) in [6, 6.07) is 8.85. The molecule has 0 bridgehead atoms. The highest BCUT2D eigenvalue weighted by atomic mass is 32.2. The molecule has 1 aromatic heterocycles. The van der Waals surface area contributed by atoms with Crippen LogP contribution >= 0.6 is 11.3 Å². The SMILES string of the molecule is CNS(=O)(=O)c1ccc(CNC(=O)COc2ccc(C)c(C)c2)s1. The third-order valence-electron chi connectivity index (χ3n) is 3.48. The molecular weight excluding hydrogens is 348 g/mol. The lowest BCUT2D eigenvalue weighted by Gasteiger charge is -2.08. The second-order valence-corrected chi connectivity index (χ2v) is 8.52. The fourth-order valence-corrected chi connectivity index (χ4v) is 4.02. The maximum atomic E-state index is 11.8. The van der Waals surface area contributed by atoms with Crippen LogP contribution in [0.5, 0.6) is 5.75 Å². The van der Waals surface area contributed by atoms with Crippen molar-refractivity contribution in [2.75, 3.05) is 13.7 Å². The van der Waals surface area contributed by atoms with Crippen molar-refractivity contribution in [2.45, 2.75) is 24.6 Å². The zero-order valence-corrected chi connectivity index (χ0v) is 15.4. The van der Waals surface area contributed by atoms with Gasteiger partial charge in [-0.1, -0.05) is 6.07 Å². The zero-order valence-electron chi connectivity index (χ0n) is 13.8. The molecule has 0 saturated heterocycles. The third kappa shape index (κ3) is 4.80. The van der Waals surface area contributed by atoms with E-state index in [1.807, 2.05) is 32.0 Å². The highest BCUT2D eigenvalue weighted by Gasteiger charge is 2.14. The highest BCUT2D eigenvalue weighted by molar-refractivity contribution is 7.91. The number of benzene rings is 1. The van der Waals surface area contributed by atoms with Gasteiger partial charge in [-0.2, -0.15) is 0 Å². The molecule has 2 N–H and O–H groups in total. The maximum Gasteiger partial charge on any atom is 0.258 e. The van der Waals surface area contributed by atoms with Crippen LogP contribution in [0.1, 0.15) is 16.0 Å². The average Bonchev–Trinajstić information content (AvgIpc) is 3.04. The Morgan fingerprint density at radius 1 is 1.17 bits per heavy atom. The Bertz CT molecular complexity index is 828. The van der Waals surface area contributed by atoms with Crippen molar-refractivity contribution in [3.63, 3.8) is 0 Å². The predicted molar refractivity (Wildman–Crippen MR) is 93.8 cm³/mol. The van der Waals surface area contributed by atoms with Gasteiger partial charge in [-0.3, -0.25) is 4.79 Å². The quantitative estimate of drug-likeness (QED) is 0.782. The van der Waals surface area contributed by atoms with Crippen molar-refractivity contribution in [1.82, 2.24) is 10.0 Å². The Morgan fingerprint density at radius 3 is 2.58 bits per heavy atom. The monoisotopic (exact) mass is 368 g/mol. The van der Waals surface area contributed by atoms with Gasteiger partial charge in [-0.15, -0.1) is 11.3 Å². The first-order valence-electron chi connectivity index (χ1n) is 7.31. The van der Waals surface area contributed by atoms with Crippen LogP contribution in [-0.4, -0.2) is 28.0 Å². The van der Waals surface area contributed by atoms with Crippen molar-refractivity contribution in [3.05, 3.63) is 46.3 Å². The summed E-state index contributed by atoms with van der Waals surface area (Å²) in [5.74, 6) is 0.381. The van der Waals surface area contributed by atoms with E-state index in [1.165, 1.54) is 13.1 Å². The Balaban J connectivity index is 1.84. The number of hydrogen-bond acceptors (Lipinski definition) is 5. The number of thiophene rings is 1. The molecule has 0 atom stereocenters. The summed E-state index contributed by atoms with van der Waals surface area (Å²) in [5.41, 5.74) is 2.27. The van der Waals surface area contributed by atoms with Crippen LogP contribution in [0.25, 0.3) is 0 Å². The standard InChI is InChI=1S/C16H20N2O4S2/c1-11-4-5-13(8-12(11)2)22-10-15(19)18-9-14-6-7-16(23-14)24(20,21)17-3/h4-8,17H,9-10H2,1-3H3,(H,18,19). The van der Waals surface area contributed by atoms with Gasteiger partial charge in [0, 0.05) is 4.88 Å². The molecule has 2 rings (SSSR count). The molecule has 0 saturated carbocycles. The van der Waals surface area contributed by atoms with Gasteiger partial charge in [0.1, 0.15) is 9.96 Å². The molecule has 0 spiro atoms. The molecule has 6 nitrogen and oxygen atoms in total. The number of aryl methyl sites for hydroxylation is 2. The van der Waals surface area contributed by atoms with Gasteiger partial charge in [-0.25, -0.2) is 13.1 Å². The summed E-state index contributed by atoms with van der Waals surface area (Å²) < 4.78 is 31.2. The van der Waals surface area contributed by atoms with Crippen LogP contribution in [-0.2, 0) is 21.4 Å². The van der Waals surface area contributed by atoms with E-state index < -0.39 is 10.0 Å². The smallest absolute Gasteiger partial charge is 0.258 e. The molecule has 0 aliphatic rings. The van der Waals surface area contributed by atoms with Crippen LogP contribution in [0.3, 0.4) is 0 Å². The first kappa shape index (κ1) is 18.4. The molecular formula is C16H20N2O4S2. The van der Waals surface area contributed by atoms with Gasteiger partial charge in [0.05, 0.1) is 6.54 Å². The van der Waals surface area contributed by atoms with E-state index in [-0.39, 0.29) is 23.3 Å². The molecule has 0 aliphatic carbocycles. The summed E-state index contributed by atoms with van der Waals surface area (Å²) in [6.07, 6.45) is 0. The van der Waals surface area contributed by atoms with E-state index in [1.54, 1.807) is 6.07 Å². The normalized spacial score (nSPS) is 11.3. The minimum absolute atomic E-state index is 0.0878. The first-order chi connectivity index (χ1) is 11.3. The number of nitrogens with one attached hydrogen (secondary N) is 2. The van der Waals surface area contributed by atoms with Crippen molar-refractivity contribution in [2.24, 2.45) is 0 Å². The Kier molecular flexibility index (Phi) is 5.98. The van der Waals surface area contributed by atoms with Crippen molar-refractivity contribution in [3.8, 4) is 5.75 Å². The summed E-state index contributed by atoms with van der Waals surface area (Å²) >= 11 is 1.12. The number of sulfonamides is 1. The summed E-state index contributed by atoms with van der Waals surface area (Å²) in [5, 5.41) is 2.71. The number of carbonyl (C=O) groups excluding carboxylic acids is 1. The van der Waals surface area contributed by atoms with Gasteiger partial charge < -0.3 is 10.1 Å². The number of rotatable bonds is 7. The third-order valence-corrected chi connectivity index (χ3v) is 6.47. The molecule has 0 unspecified atom stereocenters. The van der Waals surface area contributed by atoms with Crippen molar-refractivity contribution >= 4 is 27.3 Å². The molecule has 8 heteroatoms. The molecule has 24 heavy (non-hydrogen) atoms. The molecule has 2 aromatic rings. The van der Waals surface area contributed by atoms with Gasteiger partial charge in [-0.05, 0) is 56.3 Å². The molecule has 1 amide bonds. The van der Waals surface area contributed by atoms with E-state index >= 15 is 0 Å². The number of amides is 1.